The first kappa shape index (κ1) is 19.5. The van der Waals surface area contributed by atoms with E-state index in [4.69, 9.17) is 0 Å². The zero-order valence-electron chi connectivity index (χ0n) is 16.0. The Bertz CT molecular complexity index is 1220. The first-order valence-electron chi connectivity index (χ1n) is 9.19. The van der Waals surface area contributed by atoms with Gasteiger partial charge in [-0.15, -0.1) is 11.3 Å². The van der Waals surface area contributed by atoms with Gasteiger partial charge in [0.25, 0.3) is 11.6 Å². The predicted octanol–water partition coefficient (Wildman–Crippen LogP) is 5.95. The lowest BCUT2D eigenvalue weighted by Crippen LogP contribution is -2.14. The Labute approximate surface area is 177 Å². The largest absolute Gasteiger partial charge is 0.298 e. The van der Waals surface area contributed by atoms with Crippen LogP contribution in [0.2, 0.25) is 0 Å². The van der Waals surface area contributed by atoms with Gasteiger partial charge in [0.2, 0.25) is 0 Å². The van der Waals surface area contributed by atoms with Gasteiger partial charge in [0.15, 0.2) is 5.13 Å². The maximum Gasteiger partial charge on any atom is 0.285 e. The first-order valence-corrected chi connectivity index (χ1v) is 10.1. The van der Waals surface area contributed by atoms with Crippen LogP contribution in [0.1, 0.15) is 15.9 Å². The molecule has 6 nitrogen and oxygen atoms in total. The van der Waals surface area contributed by atoms with Crippen molar-refractivity contribution >= 4 is 28.1 Å². The number of para-hydroxylation sites is 1. The number of nitro groups is 1. The molecule has 0 atom stereocenters. The Morgan fingerprint density at radius 2 is 1.60 bits per heavy atom. The van der Waals surface area contributed by atoms with E-state index < -0.39 is 10.8 Å². The van der Waals surface area contributed by atoms with Crippen molar-refractivity contribution in [2.75, 3.05) is 5.32 Å². The Balaban J connectivity index is 1.53. The highest BCUT2D eigenvalue weighted by molar-refractivity contribution is 7.14. The van der Waals surface area contributed by atoms with Crippen LogP contribution in [-0.2, 0) is 0 Å². The molecule has 7 heteroatoms. The highest BCUT2D eigenvalue weighted by atomic mass is 32.1. The predicted molar refractivity (Wildman–Crippen MR) is 119 cm³/mol. The van der Waals surface area contributed by atoms with Crippen LogP contribution in [0.4, 0.5) is 10.8 Å². The van der Waals surface area contributed by atoms with Gasteiger partial charge in [-0.25, -0.2) is 4.98 Å². The molecule has 3 aromatic carbocycles. The molecule has 0 radical (unpaired) electrons. The number of hydrogen-bond donors (Lipinski definition) is 1. The summed E-state index contributed by atoms with van der Waals surface area (Å²) in [4.78, 5) is 27.8. The van der Waals surface area contributed by atoms with Gasteiger partial charge in [0.05, 0.1) is 10.6 Å². The van der Waals surface area contributed by atoms with Crippen LogP contribution in [0.15, 0.2) is 78.2 Å². The van der Waals surface area contributed by atoms with Crippen LogP contribution in [-0.4, -0.2) is 15.8 Å². The molecule has 4 aromatic rings. The summed E-state index contributed by atoms with van der Waals surface area (Å²) in [7, 11) is 0. The Morgan fingerprint density at radius 3 is 2.30 bits per heavy atom. The number of carbonyl (C=O) groups excluding carboxylic acids is 1. The fourth-order valence-corrected chi connectivity index (χ4v) is 3.89. The quantitative estimate of drug-likeness (QED) is 0.323. The third-order valence-electron chi connectivity index (χ3n) is 4.68. The monoisotopic (exact) mass is 415 g/mol. The lowest BCUT2D eigenvalue weighted by molar-refractivity contribution is -0.385. The summed E-state index contributed by atoms with van der Waals surface area (Å²) in [6, 6.07) is 22.8. The van der Waals surface area contributed by atoms with Crippen molar-refractivity contribution in [3.05, 3.63) is 99.4 Å². The Kier molecular flexibility index (Phi) is 5.36. The van der Waals surface area contributed by atoms with E-state index in [1.807, 2.05) is 47.8 Å². The van der Waals surface area contributed by atoms with E-state index in [0.717, 1.165) is 22.4 Å². The van der Waals surface area contributed by atoms with Crippen molar-refractivity contribution in [3.63, 3.8) is 0 Å². The second kappa shape index (κ2) is 8.26. The molecular formula is C23H17N3O3S. The molecule has 0 fully saturated rings. The van der Waals surface area contributed by atoms with Gasteiger partial charge in [-0.2, -0.15) is 0 Å². The van der Waals surface area contributed by atoms with Crippen LogP contribution in [0, 0.1) is 17.0 Å². The van der Waals surface area contributed by atoms with E-state index in [1.54, 1.807) is 19.1 Å². The molecule has 0 bridgehead atoms. The third-order valence-corrected chi connectivity index (χ3v) is 5.44. The van der Waals surface area contributed by atoms with Crippen LogP contribution >= 0.6 is 11.3 Å². The Morgan fingerprint density at radius 1 is 0.933 bits per heavy atom. The summed E-state index contributed by atoms with van der Waals surface area (Å²) < 4.78 is 0. The number of carbonyl (C=O) groups is 1. The number of aryl methyl sites for hydroxylation is 1. The van der Waals surface area contributed by atoms with E-state index in [9.17, 15) is 14.9 Å². The number of amides is 1. The number of nitrogens with one attached hydrogen (secondary N) is 1. The SMILES string of the molecule is Cc1cccc(C(=O)Nc2nc(-c3ccc(-c4ccccc4)cc3)cs2)c1[N+](=O)[O-]. The highest BCUT2D eigenvalue weighted by Gasteiger charge is 2.23. The number of benzene rings is 3. The van der Waals surface area contributed by atoms with Gasteiger partial charge in [0, 0.05) is 16.5 Å². The van der Waals surface area contributed by atoms with Crippen LogP contribution < -0.4 is 5.32 Å². The molecule has 0 saturated heterocycles. The number of aromatic nitrogens is 1. The molecule has 148 valence electrons. The van der Waals surface area contributed by atoms with Crippen LogP contribution in [0.3, 0.4) is 0 Å². The number of anilines is 1. The lowest BCUT2D eigenvalue weighted by atomic mass is 10.0. The summed E-state index contributed by atoms with van der Waals surface area (Å²) in [5.74, 6) is -0.550. The van der Waals surface area contributed by atoms with Gasteiger partial charge >= 0.3 is 0 Å². The molecule has 1 aromatic heterocycles. The van der Waals surface area contributed by atoms with Gasteiger partial charge in [-0.3, -0.25) is 20.2 Å². The van der Waals surface area contributed by atoms with Crippen LogP contribution in [0.5, 0.6) is 0 Å². The van der Waals surface area contributed by atoms with Crippen LogP contribution in [0.25, 0.3) is 22.4 Å². The molecule has 0 unspecified atom stereocenters. The van der Waals surface area contributed by atoms with Crippen molar-refractivity contribution in [3.8, 4) is 22.4 Å². The molecule has 0 aliphatic heterocycles. The molecule has 0 aliphatic rings. The minimum Gasteiger partial charge on any atom is -0.298 e. The maximum absolute atomic E-state index is 12.6. The zero-order valence-corrected chi connectivity index (χ0v) is 16.8. The molecule has 0 saturated carbocycles. The van der Waals surface area contributed by atoms with E-state index >= 15 is 0 Å². The van der Waals surface area contributed by atoms with E-state index in [1.165, 1.54) is 17.4 Å². The second-order valence-corrected chi connectivity index (χ2v) is 7.52. The number of hydrogen-bond acceptors (Lipinski definition) is 5. The fraction of sp³-hybridized carbons (Fsp3) is 0.0435. The van der Waals surface area contributed by atoms with Crippen molar-refractivity contribution in [1.29, 1.82) is 0 Å². The lowest BCUT2D eigenvalue weighted by Gasteiger charge is -2.05. The molecule has 30 heavy (non-hydrogen) atoms. The normalized spacial score (nSPS) is 10.6. The van der Waals surface area contributed by atoms with Crippen molar-refractivity contribution in [2.24, 2.45) is 0 Å². The summed E-state index contributed by atoms with van der Waals surface area (Å²) in [5.41, 5.74) is 4.16. The standard InChI is InChI=1S/C23H17N3O3S/c1-15-6-5-9-19(21(15)26(28)29)22(27)25-23-24-20(14-30-23)18-12-10-17(11-13-18)16-7-3-2-4-8-16/h2-14H,1H3,(H,24,25,27). The van der Waals surface area contributed by atoms with E-state index in [0.29, 0.717) is 10.7 Å². The van der Waals surface area contributed by atoms with Crippen molar-refractivity contribution in [1.82, 2.24) is 4.98 Å². The average molecular weight is 415 g/mol. The van der Waals surface area contributed by atoms with E-state index in [-0.39, 0.29) is 11.3 Å². The second-order valence-electron chi connectivity index (χ2n) is 6.66. The summed E-state index contributed by atoms with van der Waals surface area (Å²) in [6.45, 7) is 1.61. The molecular weight excluding hydrogens is 398 g/mol. The van der Waals surface area contributed by atoms with Gasteiger partial charge in [-0.05, 0) is 24.1 Å². The zero-order chi connectivity index (χ0) is 21.1. The molecule has 4 rings (SSSR count). The minimum atomic E-state index is -0.550. The van der Waals surface area contributed by atoms with Crippen molar-refractivity contribution in [2.45, 2.75) is 6.92 Å². The summed E-state index contributed by atoms with van der Waals surface area (Å²) in [5, 5.41) is 16.2. The molecule has 0 spiro atoms. The van der Waals surface area contributed by atoms with Gasteiger partial charge in [0.1, 0.15) is 5.56 Å². The maximum atomic E-state index is 12.6. The molecule has 1 heterocycles. The molecule has 0 aliphatic carbocycles. The number of rotatable bonds is 5. The number of nitrogens with zero attached hydrogens (tertiary/aromatic N) is 2. The van der Waals surface area contributed by atoms with Gasteiger partial charge in [-0.1, -0.05) is 66.7 Å². The van der Waals surface area contributed by atoms with E-state index in [2.05, 4.69) is 22.4 Å². The summed E-state index contributed by atoms with van der Waals surface area (Å²) >= 11 is 1.27. The smallest absolute Gasteiger partial charge is 0.285 e. The molecule has 1 amide bonds. The van der Waals surface area contributed by atoms with Crippen molar-refractivity contribution < 1.29 is 9.72 Å². The average Bonchev–Trinajstić information content (AvgIpc) is 3.22. The number of nitro benzene ring substituents is 1. The molecule has 1 N–H and O–H groups in total. The summed E-state index contributed by atoms with van der Waals surface area (Å²) in [6.07, 6.45) is 0. The first-order chi connectivity index (χ1) is 14.5. The highest BCUT2D eigenvalue weighted by Crippen LogP contribution is 2.29. The minimum absolute atomic E-state index is 0.0176. The number of thiazole rings is 1. The third kappa shape index (κ3) is 3.97. The fourth-order valence-electron chi connectivity index (χ4n) is 3.18. The Hall–Kier alpha value is -3.84. The topological polar surface area (TPSA) is 85.1 Å². The van der Waals surface area contributed by atoms with Gasteiger partial charge < -0.3 is 0 Å².